The van der Waals surface area contributed by atoms with E-state index in [4.69, 9.17) is 20.8 Å². The Morgan fingerprint density at radius 1 is 1.21 bits per heavy atom. The topological polar surface area (TPSA) is 79.6 Å². The second-order valence-corrected chi connectivity index (χ2v) is 18.4. The molecule has 1 saturated heterocycles. The lowest BCUT2D eigenvalue weighted by Gasteiger charge is -2.47. The van der Waals surface area contributed by atoms with Crippen molar-refractivity contribution in [3.8, 4) is 6.07 Å². The van der Waals surface area contributed by atoms with Crippen molar-refractivity contribution in [2.75, 3.05) is 13.2 Å². The van der Waals surface area contributed by atoms with Crippen molar-refractivity contribution < 1.29 is 17.6 Å². The maximum absolute atomic E-state index is 14.0. The molecule has 3 atom stereocenters. The summed E-state index contributed by atoms with van der Waals surface area (Å²) in [7, 11) is -6.03. The minimum Gasteiger partial charge on any atom is -0.401 e. The van der Waals surface area contributed by atoms with Gasteiger partial charge in [0, 0.05) is 10.4 Å². The molecule has 1 heterocycles. The summed E-state index contributed by atoms with van der Waals surface area (Å²) >= 11 is 6.03. The van der Waals surface area contributed by atoms with Crippen molar-refractivity contribution in [2.45, 2.75) is 87.7 Å². The van der Waals surface area contributed by atoms with E-state index in [-0.39, 0.29) is 22.6 Å². The lowest BCUT2D eigenvalue weighted by atomic mass is 9.89. The highest BCUT2D eigenvalue weighted by Crippen LogP contribution is 2.58. The highest BCUT2D eigenvalue weighted by molar-refractivity contribution is 7.89. The number of hydrogen-bond donors (Lipinski definition) is 0. The second-order valence-electron chi connectivity index (χ2n) is 11.4. The van der Waals surface area contributed by atoms with E-state index in [1.165, 1.54) is 0 Å². The lowest BCUT2D eigenvalue weighted by Crippen LogP contribution is -2.61. The summed E-state index contributed by atoms with van der Waals surface area (Å²) in [6, 6.07) is 8.16. The third-order valence-corrected chi connectivity index (χ3v) is 14.7. The number of ether oxygens (including phenoxy) is 1. The van der Waals surface area contributed by atoms with Crippen molar-refractivity contribution in [1.82, 2.24) is 4.31 Å². The van der Waals surface area contributed by atoms with E-state index in [0.717, 1.165) is 25.7 Å². The number of benzene rings is 1. The largest absolute Gasteiger partial charge is 0.401 e. The van der Waals surface area contributed by atoms with Crippen LogP contribution in [0.3, 0.4) is 0 Å². The molecule has 2 saturated carbocycles. The minimum absolute atomic E-state index is 0.0487. The number of hydrogen-bond acceptors (Lipinski definition) is 5. The van der Waals surface area contributed by atoms with Crippen molar-refractivity contribution in [1.29, 1.82) is 5.26 Å². The third kappa shape index (κ3) is 4.65. The van der Waals surface area contributed by atoms with Gasteiger partial charge in [-0.05, 0) is 74.0 Å². The van der Waals surface area contributed by atoms with Gasteiger partial charge in [0.1, 0.15) is 6.10 Å². The van der Waals surface area contributed by atoms with E-state index in [2.05, 4.69) is 39.9 Å². The summed E-state index contributed by atoms with van der Waals surface area (Å²) < 4.78 is 42.3. The number of halogens is 1. The van der Waals surface area contributed by atoms with Gasteiger partial charge in [-0.3, -0.25) is 0 Å². The Morgan fingerprint density at radius 3 is 2.30 bits per heavy atom. The van der Waals surface area contributed by atoms with Gasteiger partial charge in [-0.25, -0.2) is 8.42 Å². The Hall–Kier alpha value is -0.953. The molecule has 2 aliphatic carbocycles. The third-order valence-electron chi connectivity index (χ3n) is 8.10. The van der Waals surface area contributed by atoms with Crippen molar-refractivity contribution >= 4 is 29.9 Å². The van der Waals surface area contributed by atoms with Gasteiger partial charge in [0.05, 0.1) is 36.3 Å². The molecule has 0 N–H and O–H groups in total. The first kappa shape index (κ1) is 25.1. The number of rotatable bonds is 7. The van der Waals surface area contributed by atoms with Crippen LogP contribution in [0.15, 0.2) is 29.2 Å². The predicted molar refractivity (Wildman–Crippen MR) is 131 cm³/mol. The molecule has 9 heteroatoms. The minimum atomic E-state index is -3.80. The summed E-state index contributed by atoms with van der Waals surface area (Å²) in [6.07, 6.45) is 2.87. The molecule has 0 spiro atoms. The van der Waals surface area contributed by atoms with Crippen molar-refractivity contribution in [3.63, 3.8) is 0 Å². The summed E-state index contributed by atoms with van der Waals surface area (Å²) in [6.45, 7) is 11.4. The molecule has 0 radical (unpaired) electrons. The van der Waals surface area contributed by atoms with Crippen LogP contribution >= 0.6 is 11.6 Å². The van der Waals surface area contributed by atoms with Crippen molar-refractivity contribution in [2.24, 2.45) is 11.3 Å². The zero-order valence-corrected chi connectivity index (χ0v) is 22.7. The first-order chi connectivity index (χ1) is 15.3. The molecular weight excluding hydrogens is 476 g/mol. The van der Waals surface area contributed by atoms with Crippen LogP contribution in [0.25, 0.3) is 0 Å². The quantitative estimate of drug-likeness (QED) is 0.471. The zero-order valence-electron chi connectivity index (χ0n) is 20.2. The van der Waals surface area contributed by atoms with Gasteiger partial charge in [0.2, 0.25) is 10.0 Å². The highest BCUT2D eigenvalue weighted by Gasteiger charge is 2.63. The van der Waals surface area contributed by atoms with Gasteiger partial charge >= 0.3 is 0 Å². The molecule has 1 aromatic carbocycles. The number of sulfonamides is 1. The molecule has 4 rings (SSSR count). The first-order valence-electron chi connectivity index (χ1n) is 11.8. The number of nitrogens with zero attached hydrogens (tertiary/aromatic N) is 2. The molecule has 0 bridgehead atoms. The van der Waals surface area contributed by atoms with Crippen LogP contribution in [0.1, 0.15) is 46.5 Å². The fourth-order valence-electron chi connectivity index (χ4n) is 4.65. The van der Waals surface area contributed by atoms with E-state index < -0.39 is 35.9 Å². The summed E-state index contributed by atoms with van der Waals surface area (Å²) in [4.78, 5) is 0.235. The van der Waals surface area contributed by atoms with E-state index in [9.17, 15) is 13.7 Å². The lowest BCUT2D eigenvalue weighted by molar-refractivity contribution is -0.0549. The normalized spacial score (nSPS) is 27.1. The second kappa shape index (κ2) is 8.61. The highest BCUT2D eigenvalue weighted by atomic mass is 35.5. The van der Waals surface area contributed by atoms with Crippen LogP contribution in [0, 0.1) is 22.7 Å². The molecule has 0 amide bonds. The van der Waals surface area contributed by atoms with E-state index in [1.54, 1.807) is 28.6 Å². The van der Waals surface area contributed by atoms with Gasteiger partial charge in [0.15, 0.2) is 8.32 Å². The maximum Gasteiger partial charge on any atom is 0.243 e. The fourth-order valence-corrected chi connectivity index (χ4v) is 7.93. The molecule has 33 heavy (non-hydrogen) atoms. The van der Waals surface area contributed by atoms with Crippen LogP contribution in [-0.4, -0.2) is 52.4 Å². The Bertz CT molecular complexity index is 1020. The Kier molecular flexibility index (Phi) is 6.56. The summed E-state index contributed by atoms with van der Waals surface area (Å²) in [5.41, 5.74) is -0.544. The molecule has 3 aliphatic rings. The molecule has 1 aromatic rings. The molecule has 182 valence electrons. The number of nitriles is 1. The summed E-state index contributed by atoms with van der Waals surface area (Å²) in [5, 5.41) is 10.7. The molecule has 6 nitrogen and oxygen atoms in total. The Morgan fingerprint density at radius 2 is 1.82 bits per heavy atom. The molecule has 1 aliphatic heterocycles. The molecule has 0 aromatic heterocycles. The predicted octanol–water partition coefficient (Wildman–Crippen LogP) is 5.20. The van der Waals surface area contributed by atoms with Crippen LogP contribution < -0.4 is 0 Å². The smallest absolute Gasteiger partial charge is 0.243 e. The molecule has 1 unspecified atom stereocenters. The van der Waals surface area contributed by atoms with Gasteiger partial charge < -0.3 is 9.16 Å². The Balaban J connectivity index is 1.73. The zero-order chi connectivity index (χ0) is 24.2. The Labute approximate surface area is 204 Å². The number of morpholine rings is 1. The van der Waals surface area contributed by atoms with Crippen LogP contribution in [-0.2, 0) is 19.2 Å². The van der Waals surface area contributed by atoms with Gasteiger partial charge in [-0.1, -0.05) is 32.4 Å². The first-order valence-corrected chi connectivity index (χ1v) is 16.5. The van der Waals surface area contributed by atoms with E-state index >= 15 is 0 Å². The van der Waals surface area contributed by atoms with Gasteiger partial charge in [0.25, 0.3) is 0 Å². The molecular formula is C24H35ClN2O4SSi. The maximum atomic E-state index is 14.0. The summed E-state index contributed by atoms with van der Waals surface area (Å²) in [5.74, 6) is 0.299. The van der Waals surface area contributed by atoms with Crippen LogP contribution in [0.2, 0.25) is 23.2 Å². The average molecular weight is 511 g/mol. The van der Waals surface area contributed by atoms with Gasteiger partial charge in [-0.2, -0.15) is 9.57 Å². The average Bonchev–Trinajstić information content (AvgIpc) is 3.65. The van der Waals surface area contributed by atoms with Crippen LogP contribution in [0.5, 0.6) is 0 Å². The van der Waals surface area contributed by atoms with Crippen LogP contribution in [0.4, 0.5) is 0 Å². The van der Waals surface area contributed by atoms with Crippen molar-refractivity contribution in [3.05, 3.63) is 29.3 Å². The monoisotopic (exact) mass is 510 g/mol. The van der Waals surface area contributed by atoms with E-state index in [1.807, 2.05) is 0 Å². The fraction of sp³-hybridized carbons (Fsp3) is 0.708. The molecule has 3 fully saturated rings. The van der Waals surface area contributed by atoms with E-state index in [0.29, 0.717) is 17.5 Å². The standard InChI is InChI=1S/C24H35ClN2O4SSi/c1-23(2,3)33(4,5)31-22(14-26)24(12-13-24)21-16-30-15-20(17-6-7-17)27(21)32(28,29)19-10-8-18(25)9-11-19/h8-11,17,20-22H,6-7,12-13,15-16H2,1-5H3/t20-,21+,22?/m0/s1. The van der Waals surface area contributed by atoms with Gasteiger partial charge in [-0.15, -0.1) is 0 Å². The SMILES string of the molecule is CC(C)(C)[Si](C)(C)OC(C#N)C1([C@H]2COC[C@@H](C3CC3)N2S(=O)(=O)c2ccc(Cl)cc2)CC1.